The molecule has 148 valence electrons. The van der Waals surface area contributed by atoms with E-state index in [9.17, 15) is 9.59 Å². The third-order valence-corrected chi connectivity index (χ3v) is 7.27. The van der Waals surface area contributed by atoms with Crippen molar-refractivity contribution in [2.45, 2.75) is 57.5 Å². The van der Waals surface area contributed by atoms with Gasteiger partial charge in [-0.2, -0.15) is 0 Å². The second kappa shape index (κ2) is 8.08. The molecular formula is C23H28N2O2S. The Balaban J connectivity index is 1.71. The number of fused-ring (bicyclic) bond motifs is 1. The predicted molar refractivity (Wildman–Crippen MR) is 113 cm³/mol. The van der Waals surface area contributed by atoms with Gasteiger partial charge in [-0.3, -0.25) is 9.59 Å². The number of benzene rings is 1. The molecule has 0 bridgehead atoms. The number of aryl methyl sites for hydroxylation is 1. The Morgan fingerprint density at radius 2 is 1.82 bits per heavy atom. The summed E-state index contributed by atoms with van der Waals surface area (Å²) >= 11 is 1.53. The second-order valence-electron chi connectivity index (χ2n) is 8.06. The Kier molecular flexibility index (Phi) is 5.54. The first-order chi connectivity index (χ1) is 13.6. The SMILES string of the molecule is CC(=O)N1CCCC[C@@H]2[C@H]1[C@@H](c1ccccc1)CCN2C(=O)c1cc(C)cs1. The molecule has 2 saturated heterocycles. The number of carbonyl (C=O) groups excluding carboxylic acids is 2. The second-order valence-corrected chi connectivity index (χ2v) is 8.97. The van der Waals surface area contributed by atoms with Gasteiger partial charge in [-0.25, -0.2) is 0 Å². The fraction of sp³-hybridized carbons (Fsp3) is 0.478. The highest BCUT2D eigenvalue weighted by atomic mass is 32.1. The molecule has 4 nitrogen and oxygen atoms in total. The molecule has 5 heteroatoms. The standard InChI is InChI=1S/C23H28N2O2S/c1-16-14-21(28-15-16)23(27)25-13-11-19(18-8-4-3-5-9-18)22-20(25)10-6-7-12-24(22)17(2)26/h3-5,8-9,14-15,19-20,22H,6-7,10-13H2,1-2H3/t19-,20-,22-/m1/s1. The number of likely N-dealkylation sites (tertiary alicyclic amines) is 2. The first-order valence-electron chi connectivity index (χ1n) is 10.2. The third kappa shape index (κ3) is 3.60. The van der Waals surface area contributed by atoms with Gasteiger partial charge < -0.3 is 9.80 Å². The number of hydrogen-bond donors (Lipinski definition) is 0. The van der Waals surface area contributed by atoms with E-state index in [1.807, 2.05) is 24.4 Å². The molecule has 3 heterocycles. The van der Waals surface area contributed by atoms with Crippen molar-refractivity contribution in [3.05, 3.63) is 57.8 Å². The molecular weight excluding hydrogens is 368 g/mol. The lowest BCUT2D eigenvalue weighted by molar-refractivity contribution is -0.133. The zero-order valence-electron chi connectivity index (χ0n) is 16.6. The Labute approximate surface area is 171 Å². The van der Waals surface area contributed by atoms with E-state index in [0.29, 0.717) is 0 Å². The third-order valence-electron chi connectivity index (χ3n) is 6.23. The fourth-order valence-electron chi connectivity index (χ4n) is 4.97. The Bertz CT molecular complexity index is 847. The highest BCUT2D eigenvalue weighted by molar-refractivity contribution is 7.12. The lowest BCUT2D eigenvalue weighted by Crippen LogP contribution is -2.60. The van der Waals surface area contributed by atoms with Gasteiger partial charge in [0.1, 0.15) is 0 Å². The van der Waals surface area contributed by atoms with Crippen molar-refractivity contribution in [3.8, 4) is 0 Å². The van der Waals surface area contributed by atoms with Gasteiger partial charge in [-0.15, -0.1) is 11.3 Å². The van der Waals surface area contributed by atoms with Crippen molar-refractivity contribution >= 4 is 23.2 Å². The molecule has 2 aliphatic heterocycles. The number of amides is 2. The molecule has 0 radical (unpaired) electrons. The number of rotatable bonds is 2. The van der Waals surface area contributed by atoms with Gasteiger partial charge >= 0.3 is 0 Å². The van der Waals surface area contributed by atoms with Crippen LogP contribution in [-0.2, 0) is 4.79 Å². The minimum atomic E-state index is 0.0566. The van der Waals surface area contributed by atoms with Gasteiger partial charge in [0.15, 0.2) is 0 Å². The van der Waals surface area contributed by atoms with Crippen LogP contribution in [-0.4, -0.2) is 46.8 Å². The van der Waals surface area contributed by atoms with Crippen LogP contribution in [0.5, 0.6) is 0 Å². The van der Waals surface area contributed by atoms with Crippen LogP contribution in [0.4, 0.5) is 0 Å². The Hall–Kier alpha value is -2.14. The zero-order chi connectivity index (χ0) is 19.7. The monoisotopic (exact) mass is 396 g/mol. The summed E-state index contributed by atoms with van der Waals surface area (Å²) in [5, 5.41) is 2.04. The summed E-state index contributed by atoms with van der Waals surface area (Å²) in [7, 11) is 0. The van der Waals surface area contributed by atoms with E-state index in [1.54, 1.807) is 6.92 Å². The normalized spacial score (nSPS) is 25.1. The van der Waals surface area contributed by atoms with E-state index in [-0.39, 0.29) is 29.8 Å². The number of thiophene rings is 1. The largest absolute Gasteiger partial charge is 0.337 e. The number of hydrogen-bond acceptors (Lipinski definition) is 3. The van der Waals surface area contributed by atoms with Crippen LogP contribution in [0.25, 0.3) is 0 Å². The summed E-state index contributed by atoms with van der Waals surface area (Å²) in [4.78, 5) is 30.8. The maximum atomic E-state index is 13.3. The maximum Gasteiger partial charge on any atom is 0.264 e. The van der Waals surface area contributed by atoms with Crippen LogP contribution in [0.15, 0.2) is 41.8 Å². The van der Waals surface area contributed by atoms with E-state index in [4.69, 9.17) is 0 Å². The van der Waals surface area contributed by atoms with Gasteiger partial charge in [0.2, 0.25) is 5.91 Å². The van der Waals surface area contributed by atoms with Crippen molar-refractivity contribution in [2.24, 2.45) is 0 Å². The minimum Gasteiger partial charge on any atom is -0.337 e. The molecule has 0 saturated carbocycles. The number of piperidine rings is 1. The highest BCUT2D eigenvalue weighted by Crippen LogP contribution is 2.39. The quantitative estimate of drug-likeness (QED) is 0.752. The van der Waals surface area contributed by atoms with Crippen LogP contribution >= 0.6 is 11.3 Å². The van der Waals surface area contributed by atoms with Crippen LogP contribution in [0, 0.1) is 6.92 Å². The van der Waals surface area contributed by atoms with Crippen LogP contribution in [0.1, 0.15) is 59.3 Å². The average Bonchev–Trinajstić information content (AvgIpc) is 3.01. The highest BCUT2D eigenvalue weighted by Gasteiger charge is 2.45. The van der Waals surface area contributed by atoms with Gasteiger partial charge in [0.25, 0.3) is 5.91 Å². The van der Waals surface area contributed by atoms with Crippen LogP contribution in [0.3, 0.4) is 0 Å². The number of carbonyl (C=O) groups is 2. The van der Waals surface area contributed by atoms with Crippen LogP contribution in [0.2, 0.25) is 0 Å². The van der Waals surface area contributed by atoms with Crippen LogP contribution < -0.4 is 0 Å². The molecule has 0 unspecified atom stereocenters. The van der Waals surface area contributed by atoms with Gasteiger partial charge in [0, 0.05) is 25.9 Å². The topological polar surface area (TPSA) is 40.6 Å². The summed E-state index contributed by atoms with van der Waals surface area (Å²) in [6.07, 6.45) is 3.92. The van der Waals surface area contributed by atoms with E-state index >= 15 is 0 Å². The number of nitrogens with zero attached hydrogens (tertiary/aromatic N) is 2. The summed E-state index contributed by atoms with van der Waals surface area (Å²) in [6, 6.07) is 12.7. The first-order valence-corrected chi connectivity index (χ1v) is 11.1. The minimum absolute atomic E-state index is 0.0566. The van der Waals surface area contributed by atoms with Crippen molar-refractivity contribution < 1.29 is 9.59 Å². The summed E-state index contributed by atoms with van der Waals surface area (Å²) in [5.74, 6) is 0.534. The van der Waals surface area contributed by atoms with Crippen molar-refractivity contribution in [3.63, 3.8) is 0 Å². The average molecular weight is 397 g/mol. The Morgan fingerprint density at radius 3 is 2.50 bits per heavy atom. The molecule has 2 fully saturated rings. The van der Waals surface area contributed by atoms with Crippen molar-refractivity contribution in [1.29, 1.82) is 0 Å². The molecule has 0 spiro atoms. The van der Waals surface area contributed by atoms with E-state index in [0.717, 1.165) is 49.2 Å². The lowest BCUT2D eigenvalue weighted by Gasteiger charge is -2.49. The van der Waals surface area contributed by atoms with Crippen molar-refractivity contribution in [1.82, 2.24) is 9.80 Å². The summed E-state index contributed by atoms with van der Waals surface area (Å²) in [6.45, 7) is 5.25. The smallest absolute Gasteiger partial charge is 0.264 e. The summed E-state index contributed by atoms with van der Waals surface area (Å²) in [5.41, 5.74) is 2.42. The van der Waals surface area contributed by atoms with E-state index in [1.165, 1.54) is 16.9 Å². The first kappa shape index (κ1) is 19.2. The molecule has 2 aromatic rings. The molecule has 3 atom stereocenters. The molecule has 1 aromatic heterocycles. The molecule has 4 rings (SSSR count). The maximum absolute atomic E-state index is 13.3. The molecule has 0 N–H and O–H groups in total. The molecule has 2 aliphatic rings. The molecule has 1 aromatic carbocycles. The van der Waals surface area contributed by atoms with E-state index in [2.05, 4.69) is 34.1 Å². The zero-order valence-corrected chi connectivity index (χ0v) is 17.5. The van der Waals surface area contributed by atoms with E-state index < -0.39 is 0 Å². The molecule has 0 aliphatic carbocycles. The van der Waals surface area contributed by atoms with Gasteiger partial charge in [0.05, 0.1) is 17.0 Å². The fourth-order valence-corrected chi connectivity index (χ4v) is 5.82. The lowest BCUT2D eigenvalue weighted by atomic mass is 9.78. The van der Waals surface area contributed by atoms with Crippen molar-refractivity contribution in [2.75, 3.05) is 13.1 Å². The Morgan fingerprint density at radius 1 is 1.04 bits per heavy atom. The van der Waals surface area contributed by atoms with Gasteiger partial charge in [-0.1, -0.05) is 30.3 Å². The summed E-state index contributed by atoms with van der Waals surface area (Å²) < 4.78 is 0. The molecule has 28 heavy (non-hydrogen) atoms. The predicted octanol–water partition coefficient (Wildman–Crippen LogP) is 4.46. The van der Waals surface area contributed by atoms with Gasteiger partial charge in [-0.05, 0) is 55.2 Å². The molecule has 2 amide bonds.